The first-order valence-electron chi connectivity index (χ1n) is 12.3. The van der Waals surface area contributed by atoms with E-state index >= 15 is 0 Å². The molecule has 0 atom stereocenters. The number of carbonyl (C=O) groups excluding carboxylic acids is 2. The Kier molecular flexibility index (Phi) is 6.84. The monoisotopic (exact) mass is 488 g/mol. The molecule has 1 saturated heterocycles. The molecule has 3 aromatic rings. The standard InChI is InChI=1S/C28H29FN4O3/c1-19-26-22(30-31-25(34)18-20-8-3-2-4-9-20)11-7-13-24(26)36-27(19)28(35)33-16-14-32(15-17-33)23-12-6-5-10-21(23)29/h2-6,8-10,12H,7,11,13-18H2,1H3,(H,31,34)/b30-22+. The van der Waals surface area contributed by atoms with Crippen molar-refractivity contribution in [2.24, 2.45) is 5.10 Å². The van der Waals surface area contributed by atoms with Gasteiger partial charge in [0.25, 0.3) is 5.91 Å². The van der Waals surface area contributed by atoms with Crippen molar-refractivity contribution in [3.05, 3.63) is 88.6 Å². The number of aryl methyl sites for hydroxylation is 1. The van der Waals surface area contributed by atoms with Gasteiger partial charge in [-0.1, -0.05) is 42.5 Å². The number of nitrogens with one attached hydrogen (secondary N) is 1. The van der Waals surface area contributed by atoms with Gasteiger partial charge in [0.15, 0.2) is 5.76 Å². The minimum absolute atomic E-state index is 0.164. The summed E-state index contributed by atoms with van der Waals surface area (Å²) in [6, 6.07) is 16.2. The number of rotatable bonds is 5. The topological polar surface area (TPSA) is 78.2 Å². The number of hydrogen-bond donors (Lipinski definition) is 1. The van der Waals surface area contributed by atoms with E-state index in [1.807, 2.05) is 48.2 Å². The highest BCUT2D eigenvalue weighted by molar-refractivity contribution is 6.06. The summed E-state index contributed by atoms with van der Waals surface area (Å²) in [5, 5.41) is 4.41. The average Bonchev–Trinajstić information content (AvgIpc) is 3.25. The van der Waals surface area contributed by atoms with Crippen molar-refractivity contribution in [1.29, 1.82) is 0 Å². The molecule has 36 heavy (non-hydrogen) atoms. The van der Waals surface area contributed by atoms with E-state index < -0.39 is 0 Å². The zero-order valence-electron chi connectivity index (χ0n) is 20.3. The number of para-hydroxylation sites is 1. The summed E-state index contributed by atoms with van der Waals surface area (Å²) in [5.74, 6) is 0.454. The highest BCUT2D eigenvalue weighted by Crippen LogP contribution is 2.31. The van der Waals surface area contributed by atoms with Crippen LogP contribution in [0, 0.1) is 12.7 Å². The first kappa shape index (κ1) is 23.8. The fourth-order valence-corrected chi connectivity index (χ4v) is 4.94. The third kappa shape index (κ3) is 4.89. The Morgan fingerprint density at radius 1 is 1.00 bits per heavy atom. The number of hydrazone groups is 1. The molecule has 5 rings (SSSR count). The third-order valence-electron chi connectivity index (χ3n) is 6.80. The number of furan rings is 1. The smallest absolute Gasteiger partial charge is 0.289 e. The normalized spacial score (nSPS) is 16.7. The molecule has 0 radical (unpaired) electrons. The van der Waals surface area contributed by atoms with Crippen LogP contribution in [0.3, 0.4) is 0 Å². The molecule has 7 nitrogen and oxygen atoms in total. The summed E-state index contributed by atoms with van der Waals surface area (Å²) in [5.41, 5.74) is 6.47. The molecular formula is C28H29FN4O3. The summed E-state index contributed by atoms with van der Waals surface area (Å²) in [6.45, 7) is 3.93. The molecule has 0 saturated carbocycles. The van der Waals surface area contributed by atoms with E-state index in [1.165, 1.54) is 6.07 Å². The third-order valence-corrected chi connectivity index (χ3v) is 6.80. The molecule has 2 amide bonds. The Morgan fingerprint density at radius 3 is 2.47 bits per heavy atom. The number of benzene rings is 2. The van der Waals surface area contributed by atoms with Crippen LogP contribution in [-0.4, -0.2) is 48.6 Å². The van der Waals surface area contributed by atoms with Crippen LogP contribution >= 0.6 is 0 Å². The fourth-order valence-electron chi connectivity index (χ4n) is 4.94. The number of fused-ring (bicyclic) bond motifs is 1. The van der Waals surface area contributed by atoms with Gasteiger partial charge < -0.3 is 14.2 Å². The summed E-state index contributed by atoms with van der Waals surface area (Å²) < 4.78 is 20.2. The molecule has 1 aromatic heterocycles. The number of halogens is 1. The summed E-state index contributed by atoms with van der Waals surface area (Å²) >= 11 is 0. The van der Waals surface area contributed by atoms with Gasteiger partial charge >= 0.3 is 0 Å². The van der Waals surface area contributed by atoms with Crippen LogP contribution in [0.2, 0.25) is 0 Å². The predicted octanol–water partition coefficient (Wildman–Crippen LogP) is 4.09. The van der Waals surface area contributed by atoms with E-state index in [-0.39, 0.29) is 24.1 Å². The summed E-state index contributed by atoms with van der Waals surface area (Å²) in [6.07, 6.45) is 2.51. The van der Waals surface area contributed by atoms with Crippen molar-refractivity contribution >= 4 is 23.2 Å². The molecule has 0 unspecified atom stereocenters. The zero-order valence-corrected chi connectivity index (χ0v) is 20.3. The van der Waals surface area contributed by atoms with Crippen LogP contribution in [-0.2, 0) is 17.6 Å². The predicted molar refractivity (Wildman–Crippen MR) is 136 cm³/mol. The van der Waals surface area contributed by atoms with Gasteiger partial charge in [-0.05, 0) is 37.5 Å². The second kappa shape index (κ2) is 10.4. The van der Waals surface area contributed by atoms with Gasteiger partial charge in [-0.25, -0.2) is 9.82 Å². The van der Waals surface area contributed by atoms with E-state index in [4.69, 9.17) is 4.42 Å². The lowest BCUT2D eigenvalue weighted by atomic mass is 9.93. The second-order valence-electron chi connectivity index (χ2n) is 9.19. The van der Waals surface area contributed by atoms with Crippen molar-refractivity contribution in [2.75, 3.05) is 31.1 Å². The lowest BCUT2D eigenvalue weighted by Gasteiger charge is -2.35. The first-order chi connectivity index (χ1) is 17.5. The number of hydrogen-bond acceptors (Lipinski definition) is 5. The van der Waals surface area contributed by atoms with Gasteiger partial charge in [0.05, 0.1) is 17.8 Å². The Hall–Kier alpha value is -3.94. The SMILES string of the molecule is Cc1c(C(=O)N2CCN(c3ccccc3F)CC2)oc2c1/C(=N/NC(=O)Cc1ccccc1)CCC2. The van der Waals surface area contributed by atoms with Crippen molar-refractivity contribution < 1.29 is 18.4 Å². The number of carbonyl (C=O) groups is 2. The number of amides is 2. The molecule has 186 valence electrons. The molecule has 0 bridgehead atoms. The van der Waals surface area contributed by atoms with Gasteiger partial charge in [-0.3, -0.25) is 9.59 Å². The maximum atomic E-state index is 14.2. The molecule has 2 aromatic carbocycles. The molecule has 1 aliphatic carbocycles. The Labute approximate surface area is 209 Å². The molecule has 8 heteroatoms. The van der Waals surface area contributed by atoms with Crippen LogP contribution in [0.4, 0.5) is 10.1 Å². The van der Waals surface area contributed by atoms with E-state index in [0.717, 1.165) is 41.0 Å². The maximum absolute atomic E-state index is 14.2. The van der Waals surface area contributed by atoms with Crippen LogP contribution < -0.4 is 10.3 Å². The highest BCUT2D eigenvalue weighted by atomic mass is 19.1. The minimum atomic E-state index is -0.255. The second-order valence-corrected chi connectivity index (χ2v) is 9.19. The molecule has 0 spiro atoms. The number of nitrogens with zero attached hydrogens (tertiary/aromatic N) is 3. The van der Waals surface area contributed by atoms with Crippen molar-refractivity contribution in [3.63, 3.8) is 0 Å². The minimum Gasteiger partial charge on any atom is -0.455 e. The van der Waals surface area contributed by atoms with Crippen molar-refractivity contribution in [1.82, 2.24) is 10.3 Å². The van der Waals surface area contributed by atoms with Gasteiger partial charge in [0, 0.05) is 43.7 Å². The van der Waals surface area contributed by atoms with Gasteiger partial charge in [-0.15, -0.1) is 0 Å². The largest absolute Gasteiger partial charge is 0.455 e. The van der Waals surface area contributed by atoms with E-state index in [2.05, 4.69) is 10.5 Å². The molecule has 1 fully saturated rings. The van der Waals surface area contributed by atoms with Crippen molar-refractivity contribution in [3.8, 4) is 0 Å². The molecule has 2 heterocycles. The van der Waals surface area contributed by atoms with Gasteiger partial charge in [0.2, 0.25) is 5.91 Å². The van der Waals surface area contributed by atoms with Gasteiger partial charge in [-0.2, -0.15) is 5.10 Å². The number of anilines is 1. The van der Waals surface area contributed by atoms with Gasteiger partial charge in [0.1, 0.15) is 11.6 Å². The van der Waals surface area contributed by atoms with Crippen LogP contribution in [0.15, 0.2) is 64.1 Å². The molecule has 1 aliphatic heterocycles. The highest BCUT2D eigenvalue weighted by Gasteiger charge is 2.32. The fraction of sp³-hybridized carbons (Fsp3) is 0.321. The van der Waals surface area contributed by atoms with Crippen molar-refractivity contribution in [2.45, 2.75) is 32.6 Å². The quantitative estimate of drug-likeness (QED) is 0.549. The Balaban J connectivity index is 1.27. The van der Waals surface area contributed by atoms with E-state index in [1.54, 1.807) is 17.0 Å². The lowest BCUT2D eigenvalue weighted by Crippen LogP contribution is -2.49. The molecular weight excluding hydrogens is 459 g/mol. The first-order valence-corrected chi connectivity index (χ1v) is 12.3. The lowest BCUT2D eigenvalue weighted by molar-refractivity contribution is -0.120. The molecule has 1 N–H and O–H groups in total. The Morgan fingerprint density at radius 2 is 1.72 bits per heavy atom. The molecule has 2 aliphatic rings. The van der Waals surface area contributed by atoms with Crippen LogP contribution in [0.5, 0.6) is 0 Å². The maximum Gasteiger partial charge on any atom is 0.289 e. The summed E-state index contributed by atoms with van der Waals surface area (Å²) in [4.78, 5) is 29.5. The Bertz CT molecular complexity index is 1290. The van der Waals surface area contributed by atoms with E-state index in [0.29, 0.717) is 44.0 Å². The number of piperazine rings is 1. The average molecular weight is 489 g/mol. The van der Waals surface area contributed by atoms with Crippen LogP contribution in [0.25, 0.3) is 0 Å². The van der Waals surface area contributed by atoms with Crippen LogP contribution in [0.1, 0.15) is 45.8 Å². The summed E-state index contributed by atoms with van der Waals surface area (Å²) in [7, 11) is 0. The van der Waals surface area contributed by atoms with E-state index in [9.17, 15) is 14.0 Å². The zero-order chi connectivity index (χ0) is 25.1.